The number of carbonyl (C=O) groups is 1. The summed E-state index contributed by atoms with van der Waals surface area (Å²) in [5.74, 6) is 0.103. The van der Waals surface area contributed by atoms with E-state index in [0.717, 1.165) is 11.0 Å². The molecule has 0 aliphatic rings. The molecule has 100 valence electrons. The molecule has 0 aliphatic carbocycles. The van der Waals surface area contributed by atoms with Crippen molar-refractivity contribution in [3.05, 3.63) is 55.6 Å². The highest BCUT2D eigenvalue weighted by Gasteiger charge is 2.12. The number of benzene rings is 1. The number of Topliss-reactive ketones (excluding diaryl/α,β-unsaturated/α-hetero) is 1. The van der Waals surface area contributed by atoms with Crippen LogP contribution in [0.25, 0.3) is 0 Å². The van der Waals surface area contributed by atoms with E-state index in [4.69, 9.17) is 11.6 Å². The number of likely N-dealkylation sites (N-methyl/N-ethyl adjacent to an activating group) is 1. The lowest BCUT2D eigenvalue weighted by molar-refractivity contribution is 0.0947. The Balaban J connectivity index is 1.96. The summed E-state index contributed by atoms with van der Waals surface area (Å²) in [5, 5.41) is 0. The first-order chi connectivity index (χ1) is 9.06. The van der Waals surface area contributed by atoms with Gasteiger partial charge in [0.1, 0.15) is 0 Å². The van der Waals surface area contributed by atoms with Crippen LogP contribution in [-0.2, 0) is 6.54 Å². The summed E-state index contributed by atoms with van der Waals surface area (Å²) in [5.41, 5.74) is 1.17. The SMILES string of the molecule is CN(CC(=O)c1ccc(Cl)s1)Cc1ccccc1Br. The zero-order valence-corrected chi connectivity index (χ0v) is 13.6. The average Bonchev–Trinajstić information content (AvgIpc) is 2.79. The number of rotatable bonds is 5. The molecule has 0 aliphatic heterocycles. The smallest absolute Gasteiger partial charge is 0.186 e. The predicted molar refractivity (Wildman–Crippen MR) is 84.1 cm³/mol. The summed E-state index contributed by atoms with van der Waals surface area (Å²) in [6.45, 7) is 1.12. The summed E-state index contributed by atoms with van der Waals surface area (Å²) in [6, 6.07) is 11.6. The van der Waals surface area contributed by atoms with Crippen molar-refractivity contribution in [2.75, 3.05) is 13.6 Å². The molecule has 2 aromatic rings. The van der Waals surface area contributed by atoms with E-state index in [1.165, 1.54) is 16.9 Å². The summed E-state index contributed by atoms with van der Waals surface area (Å²) < 4.78 is 1.71. The fourth-order valence-corrected chi connectivity index (χ4v) is 3.14. The van der Waals surface area contributed by atoms with E-state index in [1.807, 2.05) is 36.2 Å². The molecule has 1 heterocycles. The van der Waals surface area contributed by atoms with Crippen molar-refractivity contribution in [1.29, 1.82) is 0 Å². The topological polar surface area (TPSA) is 20.3 Å². The molecule has 0 radical (unpaired) electrons. The molecule has 0 saturated heterocycles. The summed E-state index contributed by atoms with van der Waals surface area (Å²) >= 11 is 10.7. The molecular formula is C14H13BrClNOS. The number of thiophene rings is 1. The van der Waals surface area contributed by atoms with Gasteiger partial charge < -0.3 is 0 Å². The van der Waals surface area contributed by atoms with Crippen LogP contribution in [0.5, 0.6) is 0 Å². The fraction of sp³-hybridized carbons (Fsp3) is 0.214. The minimum absolute atomic E-state index is 0.103. The first-order valence-electron chi connectivity index (χ1n) is 5.77. The van der Waals surface area contributed by atoms with Crippen molar-refractivity contribution < 1.29 is 4.79 Å². The molecule has 0 bridgehead atoms. The molecule has 0 atom stereocenters. The lowest BCUT2D eigenvalue weighted by Crippen LogP contribution is -2.25. The van der Waals surface area contributed by atoms with Gasteiger partial charge in [-0.2, -0.15) is 0 Å². The number of hydrogen-bond donors (Lipinski definition) is 0. The van der Waals surface area contributed by atoms with Crippen molar-refractivity contribution >= 4 is 44.7 Å². The second-order valence-electron chi connectivity index (χ2n) is 4.29. The molecule has 1 aromatic carbocycles. The van der Waals surface area contributed by atoms with Gasteiger partial charge >= 0.3 is 0 Å². The molecule has 0 saturated carbocycles. The van der Waals surface area contributed by atoms with Crippen LogP contribution in [0.2, 0.25) is 4.34 Å². The lowest BCUT2D eigenvalue weighted by atomic mass is 10.2. The molecule has 19 heavy (non-hydrogen) atoms. The highest BCUT2D eigenvalue weighted by atomic mass is 79.9. The maximum Gasteiger partial charge on any atom is 0.186 e. The van der Waals surface area contributed by atoms with Gasteiger partial charge in [-0.25, -0.2) is 0 Å². The Bertz CT molecular complexity index is 584. The number of hydrogen-bond acceptors (Lipinski definition) is 3. The minimum atomic E-state index is 0.103. The Morgan fingerprint density at radius 1 is 1.32 bits per heavy atom. The maximum absolute atomic E-state index is 12.0. The molecule has 0 fully saturated rings. The zero-order chi connectivity index (χ0) is 13.8. The zero-order valence-electron chi connectivity index (χ0n) is 10.4. The van der Waals surface area contributed by atoms with Crippen molar-refractivity contribution in [3.63, 3.8) is 0 Å². The average molecular weight is 359 g/mol. The monoisotopic (exact) mass is 357 g/mol. The van der Waals surface area contributed by atoms with Crippen LogP contribution in [0.4, 0.5) is 0 Å². The van der Waals surface area contributed by atoms with E-state index >= 15 is 0 Å². The van der Waals surface area contributed by atoms with E-state index in [0.29, 0.717) is 15.8 Å². The fourth-order valence-electron chi connectivity index (χ4n) is 1.76. The van der Waals surface area contributed by atoms with Crippen molar-refractivity contribution in [2.24, 2.45) is 0 Å². The highest BCUT2D eigenvalue weighted by molar-refractivity contribution is 9.10. The lowest BCUT2D eigenvalue weighted by Gasteiger charge is -2.16. The van der Waals surface area contributed by atoms with Gasteiger partial charge in [-0.15, -0.1) is 11.3 Å². The molecule has 2 rings (SSSR count). The number of halogens is 2. The Hall–Kier alpha value is -0.680. The van der Waals surface area contributed by atoms with Crippen molar-refractivity contribution in [3.8, 4) is 0 Å². The Kier molecular flexibility index (Phi) is 5.16. The molecular weight excluding hydrogens is 346 g/mol. The summed E-state index contributed by atoms with van der Waals surface area (Å²) in [7, 11) is 1.94. The molecule has 0 amide bonds. The molecule has 0 N–H and O–H groups in total. The minimum Gasteiger partial charge on any atom is -0.295 e. The number of ketones is 1. The van der Waals surface area contributed by atoms with Crippen LogP contribution < -0.4 is 0 Å². The third-order valence-electron chi connectivity index (χ3n) is 2.66. The van der Waals surface area contributed by atoms with E-state index < -0.39 is 0 Å². The first-order valence-corrected chi connectivity index (χ1v) is 7.75. The van der Waals surface area contributed by atoms with E-state index in [9.17, 15) is 4.79 Å². The Morgan fingerprint density at radius 2 is 2.05 bits per heavy atom. The van der Waals surface area contributed by atoms with E-state index in [1.54, 1.807) is 12.1 Å². The van der Waals surface area contributed by atoms with Crippen LogP contribution in [0.1, 0.15) is 15.2 Å². The molecule has 0 spiro atoms. The van der Waals surface area contributed by atoms with Gasteiger partial charge in [0.05, 0.1) is 15.8 Å². The van der Waals surface area contributed by atoms with Crippen molar-refractivity contribution in [1.82, 2.24) is 4.90 Å². The largest absolute Gasteiger partial charge is 0.295 e. The molecule has 1 aromatic heterocycles. The quantitative estimate of drug-likeness (QED) is 0.735. The van der Waals surface area contributed by atoms with Crippen molar-refractivity contribution in [2.45, 2.75) is 6.54 Å². The van der Waals surface area contributed by atoms with Gasteiger partial charge in [-0.1, -0.05) is 45.7 Å². The number of carbonyl (C=O) groups excluding carboxylic acids is 1. The molecule has 5 heteroatoms. The van der Waals surface area contributed by atoms with Gasteiger partial charge in [-0.3, -0.25) is 9.69 Å². The Labute approximate surface area is 130 Å². The van der Waals surface area contributed by atoms with E-state index in [-0.39, 0.29) is 5.78 Å². The van der Waals surface area contributed by atoms with Crippen LogP contribution in [0.15, 0.2) is 40.9 Å². The standard InChI is InChI=1S/C14H13BrClNOS/c1-17(8-10-4-2-3-5-11(10)15)9-12(18)13-6-7-14(16)19-13/h2-7H,8-9H2,1H3. The molecule has 0 unspecified atom stereocenters. The second-order valence-corrected chi connectivity index (χ2v) is 6.86. The van der Waals surface area contributed by atoms with Crippen LogP contribution >= 0.6 is 38.9 Å². The van der Waals surface area contributed by atoms with E-state index in [2.05, 4.69) is 15.9 Å². The third-order valence-corrected chi connectivity index (χ3v) is 4.71. The van der Waals surface area contributed by atoms with Gasteiger partial charge in [0.2, 0.25) is 0 Å². The highest BCUT2D eigenvalue weighted by Crippen LogP contribution is 2.22. The first kappa shape index (κ1) is 14.7. The maximum atomic E-state index is 12.0. The second kappa shape index (κ2) is 6.66. The third kappa shape index (κ3) is 4.14. The van der Waals surface area contributed by atoms with Crippen LogP contribution in [0, 0.1) is 0 Å². The van der Waals surface area contributed by atoms with Crippen LogP contribution in [-0.4, -0.2) is 24.3 Å². The normalized spacial score (nSPS) is 10.9. The summed E-state index contributed by atoms with van der Waals surface area (Å²) in [6.07, 6.45) is 0. The van der Waals surface area contributed by atoms with Crippen LogP contribution in [0.3, 0.4) is 0 Å². The number of nitrogens with zero attached hydrogens (tertiary/aromatic N) is 1. The Morgan fingerprint density at radius 3 is 2.68 bits per heavy atom. The van der Waals surface area contributed by atoms with Gasteiger partial charge in [0.15, 0.2) is 5.78 Å². The molecule has 2 nitrogen and oxygen atoms in total. The predicted octanol–water partition coefficient (Wildman–Crippen LogP) is 4.48. The van der Waals surface area contributed by atoms with Gasteiger partial charge in [0, 0.05) is 11.0 Å². The summed E-state index contributed by atoms with van der Waals surface area (Å²) in [4.78, 5) is 14.8. The van der Waals surface area contributed by atoms with Gasteiger partial charge in [-0.05, 0) is 30.8 Å². The van der Waals surface area contributed by atoms with Gasteiger partial charge in [0.25, 0.3) is 0 Å².